The van der Waals surface area contributed by atoms with Crippen LogP contribution in [0.15, 0.2) is 72.9 Å². The molecule has 0 spiro atoms. The second-order valence-corrected chi connectivity index (χ2v) is 15.6. The fourth-order valence-electron chi connectivity index (χ4n) is 8.05. The van der Waals surface area contributed by atoms with E-state index in [0.29, 0.717) is 58.6 Å². The average molecular weight is 794 g/mol. The van der Waals surface area contributed by atoms with Gasteiger partial charge >= 0.3 is 0 Å². The molecular formula is C43H52ClN9O4. The maximum atomic E-state index is 12.2. The van der Waals surface area contributed by atoms with Gasteiger partial charge in [0.25, 0.3) is 0 Å². The Morgan fingerprint density at radius 1 is 0.982 bits per heavy atom. The molecule has 3 aliphatic heterocycles. The number of benzene rings is 3. The monoisotopic (exact) mass is 793 g/mol. The Morgan fingerprint density at radius 2 is 1.77 bits per heavy atom. The van der Waals surface area contributed by atoms with Crippen LogP contribution in [0.2, 0.25) is 5.02 Å². The first-order valence-corrected chi connectivity index (χ1v) is 20.2. The summed E-state index contributed by atoms with van der Waals surface area (Å²) in [6.45, 7) is 7.69. The molecule has 300 valence electrons. The van der Waals surface area contributed by atoms with Crippen LogP contribution in [0.1, 0.15) is 67.3 Å². The van der Waals surface area contributed by atoms with Gasteiger partial charge in [0.2, 0.25) is 17.8 Å². The molecule has 7 rings (SSSR count). The van der Waals surface area contributed by atoms with Crippen molar-refractivity contribution in [3.05, 3.63) is 89.1 Å². The minimum absolute atomic E-state index is 0.0600. The minimum atomic E-state index is -0.369. The number of para-hydroxylation sites is 1. The molecule has 2 atom stereocenters. The number of imide groups is 1. The van der Waals surface area contributed by atoms with E-state index in [0.717, 1.165) is 75.6 Å². The highest BCUT2D eigenvalue weighted by atomic mass is 35.5. The molecule has 2 amide bonds. The molecule has 3 aromatic carbocycles. The molecule has 13 nitrogen and oxygen atoms in total. The number of likely N-dealkylation sites (tertiary alicyclic amines) is 1. The van der Waals surface area contributed by atoms with E-state index in [1.165, 1.54) is 25.1 Å². The molecule has 1 aromatic heterocycles. The molecule has 57 heavy (non-hydrogen) atoms. The van der Waals surface area contributed by atoms with Crippen molar-refractivity contribution in [3.63, 3.8) is 0 Å². The van der Waals surface area contributed by atoms with Gasteiger partial charge in [-0.1, -0.05) is 35.9 Å². The molecule has 1 unspecified atom stereocenters. The van der Waals surface area contributed by atoms with E-state index in [1.807, 2.05) is 24.3 Å². The number of anilines is 6. The Hall–Kier alpha value is -5.24. The third-order valence-electron chi connectivity index (χ3n) is 11.4. The van der Waals surface area contributed by atoms with Gasteiger partial charge in [0.05, 0.1) is 24.7 Å². The molecule has 3 aliphatic rings. The van der Waals surface area contributed by atoms with Gasteiger partial charge in [-0.3, -0.25) is 19.7 Å². The first kappa shape index (κ1) is 40.0. The summed E-state index contributed by atoms with van der Waals surface area (Å²) in [5.74, 6) is 1.43. The molecule has 0 aliphatic carbocycles. The molecular weight excluding hydrogens is 742 g/mol. The highest BCUT2D eigenvalue weighted by Crippen LogP contribution is 2.35. The summed E-state index contributed by atoms with van der Waals surface area (Å²) < 4.78 is 5.83. The van der Waals surface area contributed by atoms with E-state index in [4.69, 9.17) is 16.3 Å². The summed E-state index contributed by atoms with van der Waals surface area (Å²) in [5.41, 5.74) is 5.26. The van der Waals surface area contributed by atoms with Crippen molar-refractivity contribution in [1.82, 2.24) is 25.1 Å². The number of Topliss-reactive ketones (excluding diaryl/α,β-unsaturated/α-hetero) is 1. The Balaban J connectivity index is 0.887. The highest BCUT2D eigenvalue weighted by molar-refractivity contribution is 6.33. The lowest BCUT2D eigenvalue weighted by Gasteiger charge is -2.40. The van der Waals surface area contributed by atoms with Crippen LogP contribution in [-0.2, 0) is 9.59 Å². The number of hydrogen-bond donors (Lipinski definition) is 4. The molecule has 4 heterocycles. The van der Waals surface area contributed by atoms with Crippen molar-refractivity contribution >= 4 is 63.7 Å². The number of hydrogen-bond acceptors (Lipinski definition) is 12. The number of carbonyl (C=O) groups excluding carboxylic acids is 3. The number of aromatic nitrogens is 2. The van der Waals surface area contributed by atoms with Crippen molar-refractivity contribution in [1.29, 1.82) is 0 Å². The van der Waals surface area contributed by atoms with Gasteiger partial charge < -0.3 is 35.4 Å². The van der Waals surface area contributed by atoms with E-state index in [-0.39, 0.29) is 23.6 Å². The van der Waals surface area contributed by atoms with Crippen molar-refractivity contribution < 1.29 is 19.1 Å². The molecule has 3 saturated heterocycles. The van der Waals surface area contributed by atoms with E-state index >= 15 is 0 Å². The van der Waals surface area contributed by atoms with E-state index in [1.54, 1.807) is 13.2 Å². The van der Waals surface area contributed by atoms with Gasteiger partial charge in [-0.25, -0.2) is 4.98 Å². The van der Waals surface area contributed by atoms with Crippen LogP contribution in [0.4, 0.5) is 34.5 Å². The first-order valence-electron chi connectivity index (χ1n) is 19.9. The summed E-state index contributed by atoms with van der Waals surface area (Å²) in [7, 11) is 3.92. The zero-order valence-electron chi connectivity index (χ0n) is 32.9. The number of nitrogens with zero attached hydrogens (tertiary/aromatic N) is 5. The zero-order chi connectivity index (χ0) is 39.9. The van der Waals surface area contributed by atoms with Gasteiger partial charge in [-0.15, -0.1) is 0 Å². The van der Waals surface area contributed by atoms with Crippen LogP contribution < -0.4 is 30.9 Å². The standard InChI is InChI=1S/C43H52ClN9O4/c1-28(54)34-8-4-5-9-36(34)47-41-35(44)26-45-43(50-41)48-37-15-14-32(25-39(37)57-3)53-20-6-7-33(27-53)51(2)23-24-52-21-18-30(19-22-52)29-10-12-31(13-11-29)46-38-16-17-40(55)49-42(38)56/h4-5,8-15,25-26,30,33,38,46H,6-7,16-24,27H2,1-3H3,(H,49,55,56)(H2,45,47,48,50)/t33-,38?/m1/s1. The van der Waals surface area contributed by atoms with Crippen molar-refractivity contribution in [2.45, 2.75) is 63.5 Å². The molecule has 3 fully saturated rings. The van der Waals surface area contributed by atoms with Gasteiger partial charge in [0.15, 0.2) is 11.6 Å². The minimum Gasteiger partial charge on any atom is -0.494 e. The predicted molar refractivity (Wildman–Crippen MR) is 226 cm³/mol. The van der Waals surface area contributed by atoms with Crippen LogP contribution in [0.3, 0.4) is 0 Å². The quantitative estimate of drug-likeness (QED) is 0.0786. The Labute approximate surface area is 339 Å². The maximum absolute atomic E-state index is 12.2. The average Bonchev–Trinajstić information content (AvgIpc) is 3.23. The Morgan fingerprint density at radius 3 is 2.53 bits per heavy atom. The lowest BCUT2D eigenvalue weighted by Crippen LogP contribution is -2.49. The summed E-state index contributed by atoms with van der Waals surface area (Å²) in [5, 5.41) is 12.5. The maximum Gasteiger partial charge on any atom is 0.249 e. The smallest absolute Gasteiger partial charge is 0.249 e. The normalized spacial score (nSPS) is 19.3. The zero-order valence-corrected chi connectivity index (χ0v) is 33.6. The molecule has 4 aromatic rings. The van der Waals surface area contributed by atoms with Crippen LogP contribution in [0.5, 0.6) is 5.75 Å². The highest BCUT2D eigenvalue weighted by Gasteiger charge is 2.28. The fraction of sp³-hybridized carbons (Fsp3) is 0.419. The summed E-state index contributed by atoms with van der Waals surface area (Å²) >= 11 is 6.45. The van der Waals surface area contributed by atoms with Crippen molar-refractivity contribution in [2.24, 2.45) is 0 Å². The molecule has 0 radical (unpaired) electrons. The molecule has 4 N–H and O–H groups in total. The summed E-state index contributed by atoms with van der Waals surface area (Å²) in [4.78, 5) is 52.3. The predicted octanol–water partition coefficient (Wildman–Crippen LogP) is 6.83. The Kier molecular flexibility index (Phi) is 12.9. The van der Waals surface area contributed by atoms with Gasteiger partial charge in [0.1, 0.15) is 16.8 Å². The summed E-state index contributed by atoms with van der Waals surface area (Å²) in [6.07, 6.45) is 6.96. The SMILES string of the molecule is COc1cc(N2CCC[C@@H](N(C)CCN3CCC(c4ccc(NC5CCC(=O)NC5=O)cc4)CC3)C2)ccc1Nc1ncc(Cl)c(Nc2ccccc2C(C)=O)n1. The van der Waals surface area contributed by atoms with Crippen LogP contribution in [0, 0.1) is 0 Å². The second-order valence-electron chi connectivity index (χ2n) is 15.2. The third kappa shape index (κ3) is 10.0. The molecule has 0 saturated carbocycles. The topological polar surface area (TPSA) is 144 Å². The van der Waals surface area contributed by atoms with E-state index in [2.05, 4.69) is 89.4 Å². The first-order chi connectivity index (χ1) is 27.6. The van der Waals surface area contributed by atoms with E-state index < -0.39 is 0 Å². The number of piperidine rings is 3. The Bertz CT molecular complexity index is 2060. The number of halogens is 1. The molecule has 14 heteroatoms. The van der Waals surface area contributed by atoms with Gasteiger partial charge in [-0.05, 0) is 107 Å². The number of amides is 2. The number of rotatable bonds is 14. The second kappa shape index (κ2) is 18.4. The summed E-state index contributed by atoms with van der Waals surface area (Å²) in [6, 6.07) is 22.0. The third-order valence-corrected chi connectivity index (χ3v) is 11.7. The lowest BCUT2D eigenvalue weighted by molar-refractivity contribution is -0.133. The number of methoxy groups -OCH3 is 1. The van der Waals surface area contributed by atoms with E-state index in [9.17, 15) is 14.4 Å². The van der Waals surface area contributed by atoms with Crippen LogP contribution in [-0.4, -0.2) is 103 Å². The number of nitrogens with one attached hydrogen (secondary N) is 4. The van der Waals surface area contributed by atoms with Crippen molar-refractivity contribution in [2.75, 3.05) is 74.3 Å². The van der Waals surface area contributed by atoms with Gasteiger partial charge in [-0.2, -0.15) is 4.98 Å². The number of ketones is 1. The fourth-order valence-corrected chi connectivity index (χ4v) is 8.18. The number of likely N-dealkylation sites (N-methyl/N-ethyl adjacent to an activating group) is 1. The van der Waals surface area contributed by atoms with Crippen LogP contribution >= 0.6 is 11.6 Å². The number of carbonyl (C=O) groups is 3. The van der Waals surface area contributed by atoms with Crippen LogP contribution in [0.25, 0.3) is 0 Å². The lowest BCUT2D eigenvalue weighted by atomic mass is 9.89. The molecule has 0 bridgehead atoms. The van der Waals surface area contributed by atoms with Gasteiger partial charge in [0, 0.05) is 61.6 Å². The van der Waals surface area contributed by atoms with Crippen molar-refractivity contribution in [3.8, 4) is 5.75 Å². The number of ether oxygens (including phenoxy) is 1. The largest absolute Gasteiger partial charge is 0.494 e.